The van der Waals surface area contributed by atoms with Gasteiger partial charge < -0.3 is 5.32 Å². The van der Waals surface area contributed by atoms with Crippen LogP contribution in [0.25, 0.3) is 0 Å². The Bertz CT molecular complexity index is 286. The minimum atomic E-state index is 1.06. The Labute approximate surface area is 80.5 Å². The first-order valence-electron chi connectivity index (χ1n) is 4.20. The summed E-state index contributed by atoms with van der Waals surface area (Å²) in [7, 11) is 0. The van der Waals surface area contributed by atoms with Gasteiger partial charge in [-0.2, -0.15) is 0 Å². The quantitative estimate of drug-likeness (QED) is 0.727. The van der Waals surface area contributed by atoms with E-state index in [4.69, 9.17) is 0 Å². The largest absolute Gasteiger partial charge is 0.316 e. The van der Waals surface area contributed by atoms with Crippen LogP contribution in [0.5, 0.6) is 0 Å². The fourth-order valence-electron chi connectivity index (χ4n) is 1.51. The molecular weight excluding hydrogens is 216 g/mol. The van der Waals surface area contributed by atoms with Crippen molar-refractivity contribution in [3.8, 4) is 0 Å². The summed E-state index contributed by atoms with van der Waals surface area (Å²) >= 11 is 3.43. The lowest BCUT2D eigenvalue weighted by molar-refractivity contribution is 0.708. The molecule has 0 bridgehead atoms. The smallest absolute Gasteiger partial charge is 0.0449 e. The zero-order chi connectivity index (χ0) is 8.39. The number of nitrogens with zero attached hydrogens (tertiary/aromatic N) is 1. The molecule has 0 unspecified atom stereocenters. The van der Waals surface area contributed by atoms with Crippen molar-refractivity contribution >= 4 is 15.9 Å². The molecular formula is C9H11BrN2. The summed E-state index contributed by atoms with van der Waals surface area (Å²) in [5.74, 6) is 0. The van der Waals surface area contributed by atoms with Gasteiger partial charge in [-0.1, -0.05) is 0 Å². The summed E-state index contributed by atoms with van der Waals surface area (Å²) in [6.45, 7) is 2.13. The molecule has 2 nitrogen and oxygen atoms in total. The number of fused-ring (bicyclic) bond motifs is 1. The highest BCUT2D eigenvalue weighted by Crippen LogP contribution is 2.15. The Morgan fingerprint density at radius 1 is 1.33 bits per heavy atom. The Morgan fingerprint density at radius 3 is 3.08 bits per heavy atom. The van der Waals surface area contributed by atoms with Gasteiger partial charge in [0.2, 0.25) is 0 Å². The van der Waals surface area contributed by atoms with Crippen molar-refractivity contribution in [1.82, 2.24) is 10.3 Å². The highest BCUT2D eigenvalue weighted by atomic mass is 79.9. The first-order chi connectivity index (χ1) is 5.86. The van der Waals surface area contributed by atoms with Crippen LogP contribution >= 0.6 is 15.9 Å². The van der Waals surface area contributed by atoms with Crippen LogP contribution in [-0.2, 0) is 12.8 Å². The summed E-state index contributed by atoms with van der Waals surface area (Å²) in [6.07, 6.45) is 4.04. The molecule has 0 atom stereocenters. The second kappa shape index (κ2) is 3.54. The molecule has 0 saturated carbocycles. The molecule has 2 rings (SSSR count). The predicted molar refractivity (Wildman–Crippen MR) is 52.2 cm³/mol. The van der Waals surface area contributed by atoms with Gasteiger partial charge in [0, 0.05) is 29.3 Å². The van der Waals surface area contributed by atoms with Gasteiger partial charge in [-0.25, -0.2) is 0 Å². The van der Waals surface area contributed by atoms with E-state index in [1.54, 1.807) is 0 Å². The van der Waals surface area contributed by atoms with Gasteiger partial charge in [0.15, 0.2) is 0 Å². The maximum atomic E-state index is 4.39. The molecule has 12 heavy (non-hydrogen) atoms. The molecule has 1 aliphatic rings. The minimum Gasteiger partial charge on any atom is -0.316 e. The second-order valence-corrected chi connectivity index (χ2v) is 3.93. The first-order valence-corrected chi connectivity index (χ1v) is 4.99. The number of hydrogen-bond donors (Lipinski definition) is 1. The molecule has 64 valence electrons. The molecule has 1 N–H and O–H groups in total. The summed E-state index contributed by atoms with van der Waals surface area (Å²) in [4.78, 5) is 4.39. The number of pyridine rings is 1. The lowest BCUT2D eigenvalue weighted by atomic mass is 10.1. The lowest BCUT2D eigenvalue weighted by Gasteiger charge is -2.02. The van der Waals surface area contributed by atoms with Gasteiger partial charge in [0.1, 0.15) is 0 Å². The third kappa shape index (κ3) is 1.67. The van der Waals surface area contributed by atoms with Crippen molar-refractivity contribution in [3.63, 3.8) is 0 Å². The average Bonchev–Trinajstić information content (AvgIpc) is 2.28. The predicted octanol–water partition coefficient (Wildman–Crippen LogP) is 1.53. The molecule has 0 aromatic carbocycles. The molecule has 3 heteroatoms. The van der Waals surface area contributed by atoms with E-state index in [9.17, 15) is 0 Å². The van der Waals surface area contributed by atoms with Crippen LogP contribution < -0.4 is 5.32 Å². The van der Waals surface area contributed by atoms with Gasteiger partial charge in [-0.15, -0.1) is 0 Å². The third-order valence-electron chi connectivity index (χ3n) is 2.14. The van der Waals surface area contributed by atoms with Gasteiger partial charge in [0.25, 0.3) is 0 Å². The van der Waals surface area contributed by atoms with E-state index in [2.05, 4.69) is 32.3 Å². The van der Waals surface area contributed by atoms with Gasteiger partial charge >= 0.3 is 0 Å². The number of nitrogens with one attached hydrogen (secondary N) is 1. The topological polar surface area (TPSA) is 24.9 Å². The number of aromatic nitrogens is 1. The highest BCUT2D eigenvalue weighted by molar-refractivity contribution is 9.10. The maximum absolute atomic E-state index is 4.39. The van der Waals surface area contributed by atoms with E-state index in [1.807, 2.05) is 6.20 Å². The highest BCUT2D eigenvalue weighted by Gasteiger charge is 2.07. The Hall–Kier alpha value is -0.410. The fraction of sp³-hybridized carbons (Fsp3) is 0.444. The number of hydrogen-bond acceptors (Lipinski definition) is 2. The minimum absolute atomic E-state index is 1.06. The summed E-state index contributed by atoms with van der Waals surface area (Å²) < 4.78 is 1.09. The number of rotatable bonds is 0. The van der Waals surface area contributed by atoms with Crippen LogP contribution in [0.4, 0.5) is 0 Å². The van der Waals surface area contributed by atoms with Gasteiger partial charge in [-0.05, 0) is 40.5 Å². The summed E-state index contributed by atoms with van der Waals surface area (Å²) in [5.41, 5.74) is 2.64. The van der Waals surface area contributed by atoms with E-state index >= 15 is 0 Å². The van der Waals surface area contributed by atoms with Gasteiger partial charge in [-0.3, -0.25) is 4.98 Å². The van der Waals surface area contributed by atoms with E-state index in [0.29, 0.717) is 0 Å². The first kappa shape index (κ1) is 8.20. The Morgan fingerprint density at radius 2 is 2.17 bits per heavy atom. The Kier molecular flexibility index (Phi) is 2.42. The van der Waals surface area contributed by atoms with E-state index in [-0.39, 0.29) is 0 Å². The van der Waals surface area contributed by atoms with Crippen molar-refractivity contribution in [2.45, 2.75) is 12.8 Å². The zero-order valence-electron chi connectivity index (χ0n) is 6.81. The summed E-state index contributed by atoms with van der Waals surface area (Å²) in [5, 5.41) is 3.36. The van der Waals surface area contributed by atoms with Crippen LogP contribution in [0.1, 0.15) is 11.3 Å². The molecule has 0 radical (unpaired) electrons. The van der Waals surface area contributed by atoms with Gasteiger partial charge in [0.05, 0.1) is 0 Å². The van der Waals surface area contributed by atoms with Crippen LogP contribution in [0.3, 0.4) is 0 Å². The van der Waals surface area contributed by atoms with Crippen molar-refractivity contribution in [2.24, 2.45) is 0 Å². The molecule has 1 aromatic rings. The van der Waals surface area contributed by atoms with Crippen molar-refractivity contribution in [3.05, 3.63) is 28.0 Å². The van der Waals surface area contributed by atoms with E-state index < -0.39 is 0 Å². The van der Waals surface area contributed by atoms with Crippen molar-refractivity contribution in [2.75, 3.05) is 13.1 Å². The fourth-order valence-corrected chi connectivity index (χ4v) is 1.88. The molecule has 2 heterocycles. The van der Waals surface area contributed by atoms with Crippen LogP contribution in [0.15, 0.2) is 16.7 Å². The molecule has 0 aliphatic carbocycles. The van der Waals surface area contributed by atoms with Crippen LogP contribution in [0.2, 0.25) is 0 Å². The summed E-state index contributed by atoms with van der Waals surface area (Å²) in [6, 6.07) is 2.18. The maximum Gasteiger partial charge on any atom is 0.0449 e. The zero-order valence-corrected chi connectivity index (χ0v) is 8.39. The Balaban J connectivity index is 2.36. The van der Waals surface area contributed by atoms with Crippen LogP contribution in [0, 0.1) is 0 Å². The van der Waals surface area contributed by atoms with E-state index in [1.165, 1.54) is 11.3 Å². The average molecular weight is 227 g/mol. The second-order valence-electron chi connectivity index (χ2n) is 3.01. The molecule has 0 saturated heterocycles. The lowest BCUT2D eigenvalue weighted by Crippen LogP contribution is -2.16. The molecule has 0 fully saturated rings. The van der Waals surface area contributed by atoms with E-state index in [0.717, 1.165) is 30.4 Å². The van der Waals surface area contributed by atoms with Crippen molar-refractivity contribution in [1.29, 1.82) is 0 Å². The molecule has 1 aliphatic heterocycles. The SMILES string of the molecule is Brc1cnc2c(c1)CCNCC2. The van der Waals surface area contributed by atoms with Crippen LogP contribution in [-0.4, -0.2) is 18.1 Å². The number of halogens is 1. The molecule has 0 spiro atoms. The normalized spacial score (nSPS) is 16.8. The van der Waals surface area contributed by atoms with Crippen molar-refractivity contribution < 1.29 is 0 Å². The molecule has 0 amide bonds. The molecule has 1 aromatic heterocycles. The third-order valence-corrected chi connectivity index (χ3v) is 2.57. The monoisotopic (exact) mass is 226 g/mol. The standard InChI is InChI=1S/C9H11BrN2/c10-8-5-7-1-3-11-4-2-9(7)12-6-8/h5-6,11H,1-4H2.